The quantitative estimate of drug-likeness (QED) is 0.590. The summed E-state index contributed by atoms with van der Waals surface area (Å²) in [6, 6.07) is 12.5. The first-order valence-corrected chi connectivity index (χ1v) is 10.4. The summed E-state index contributed by atoms with van der Waals surface area (Å²) >= 11 is 1.41. The lowest BCUT2D eigenvalue weighted by molar-refractivity contribution is -0.137. The van der Waals surface area contributed by atoms with Crippen LogP contribution in [0.4, 0.5) is 0 Å². The third-order valence-corrected chi connectivity index (χ3v) is 5.73. The van der Waals surface area contributed by atoms with Crippen molar-refractivity contribution in [3.63, 3.8) is 0 Å². The molecular weight excluding hydrogens is 402 g/mol. The van der Waals surface area contributed by atoms with Crippen LogP contribution in [0.25, 0.3) is 5.57 Å². The first-order chi connectivity index (χ1) is 14.4. The molecule has 0 unspecified atom stereocenters. The molecule has 1 heterocycles. The fraction of sp³-hybridized carbons (Fsp3) is 0.304. The molecule has 158 valence electrons. The van der Waals surface area contributed by atoms with Gasteiger partial charge in [-0.25, -0.2) is 0 Å². The highest BCUT2D eigenvalue weighted by molar-refractivity contribution is 8.04. The monoisotopic (exact) mass is 427 g/mol. The molecule has 0 radical (unpaired) electrons. The predicted octanol–water partition coefficient (Wildman–Crippen LogP) is 4.13. The van der Waals surface area contributed by atoms with Crippen LogP contribution in [-0.4, -0.2) is 43.3 Å². The Balaban J connectivity index is 1.95. The molecule has 6 nitrogen and oxygen atoms in total. The second-order valence-electron chi connectivity index (χ2n) is 6.99. The minimum atomic E-state index is -0.303. The highest BCUT2D eigenvalue weighted by atomic mass is 32.2. The molecule has 2 aromatic rings. The van der Waals surface area contributed by atoms with Gasteiger partial charge < -0.3 is 14.2 Å². The molecule has 30 heavy (non-hydrogen) atoms. The smallest absolute Gasteiger partial charge is 0.268 e. The lowest BCUT2D eigenvalue weighted by Crippen LogP contribution is -2.31. The standard InChI is InChI=1S/C23H25NO5S/c1-14(2)30-21-20(16-7-9-17(27-3)10-8-16)22(25)24(23(21)26)13-15-6-11-18(28-4)19(12-15)29-5/h6-12,14H,13H2,1-5H3. The number of thioether (sulfide) groups is 1. The van der Waals surface area contributed by atoms with Gasteiger partial charge >= 0.3 is 0 Å². The maximum absolute atomic E-state index is 13.3. The third kappa shape index (κ3) is 4.31. The van der Waals surface area contributed by atoms with Gasteiger partial charge in [-0.3, -0.25) is 14.5 Å². The van der Waals surface area contributed by atoms with E-state index in [4.69, 9.17) is 14.2 Å². The molecule has 7 heteroatoms. The first kappa shape index (κ1) is 21.8. The van der Waals surface area contributed by atoms with Gasteiger partial charge in [0, 0.05) is 5.25 Å². The highest BCUT2D eigenvalue weighted by Crippen LogP contribution is 2.39. The zero-order chi connectivity index (χ0) is 21.8. The summed E-state index contributed by atoms with van der Waals surface area (Å²) in [6.45, 7) is 4.15. The molecule has 2 aromatic carbocycles. The molecule has 2 amide bonds. The summed E-state index contributed by atoms with van der Waals surface area (Å²) in [6.07, 6.45) is 0. The van der Waals surface area contributed by atoms with E-state index < -0.39 is 0 Å². The Labute approximate surface area is 180 Å². The van der Waals surface area contributed by atoms with E-state index in [0.717, 1.165) is 5.56 Å². The summed E-state index contributed by atoms with van der Waals surface area (Å²) in [5.41, 5.74) is 1.91. The molecule has 0 fully saturated rings. The number of ether oxygens (including phenoxy) is 3. The fourth-order valence-corrected chi connectivity index (χ4v) is 4.22. The van der Waals surface area contributed by atoms with Crippen molar-refractivity contribution in [3.8, 4) is 17.2 Å². The average Bonchev–Trinajstić information content (AvgIpc) is 2.97. The lowest BCUT2D eigenvalue weighted by Gasteiger charge is -2.17. The Bertz CT molecular complexity index is 982. The largest absolute Gasteiger partial charge is 0.497 e. The number of benzene rings is 2. The molecule has 0 N–H and O–H groups in total. The molecule has 0 aromatic heterocycles. The van der Waals surface area contributed by atoms with Gasteiger partial charge in [0.15, 0.2) is 11.5 Å². The van der Waals surface area contributed by atoms with Gasteiger partial charge in [0.2, 0.25) is 0 Å². The summed E-state index contributed by atoms with van der Waals surface area (Å²) < 4.78 is 15.8. The van der Waals surface area contributed by atoms with Crippen molar-refractivity contribution in [1.82, 2.24) is 4.90 Å². The van der Waals surface area contributed by atoms with Crippen molar-refractivity contribution in [2.24, 2.45) is 0 Å². The Morgan fingerprint density at radius 1 is 0.867 bits per heavy atom. The number of rotatable bonds is 8. The highest BCUT2D eigenvalue weighted by Gasteiger charge is 2.39. The van der Waals surface area contributed by atoms with Gasteiger partial charge in [-0.05, 0) is 35.4 Å². The van der Waals surface area contributed by atoms with E-state index in [1.807, 2.05) is 19.9 Å². The summed E-state index contributed by atoms with van der Waals surface area (Å²) in [7, 11) is 4.70. The molecule has 3 rings (SSSR count). The van der Waals surface area contributed by atoms with Crippen LogP contribution in [0.15, 0.2) is 47.4 Å². The number of carbonyl (C=O) groups excluding carboxylic acids is 2. The number of hydrogen-bond donors (Lipinski definition) is 0. The maximum atomic E-state index is 13.3. The van der Waals surface area contributed by atoms with Crippen molar-refractivity contribution in [3.05, 3.63) is 58.5 Å². The minimum Gasteiger partial charge on any atom is -0.497 e. The number of hydrogen-bond acceptors (Lipinski definition) is 6. The molecule has 0 saturated heterocycles. The van der Waals surface area contributed by atoms with E-state index in [-0.39, 0.29) is 23.6 Å². The van der Waals surface area contributed by atoms with Crippen LogP contribution in [0.3, 0.4) is 0 Å². The van der Waals surface area contributed by atoms with E-state index in [9.17, 15) is 9.59 Å². The average molecular weight is 428 g/mol. The third-order valence-electron chi connectivity index (χ3n) is 4.65. The molecule has 0 saturated carbocycles. The Morgan fingerprint density at radius 3 is 2.10 bits per heavy atom. The summed E-state index contributed by atoms with van der Waals surface area (Å²) in [5, 5.41) is 0.158. The topological polar surface area (TPSA) is 65.1 Å². The Hall–Kier alpha value is -2.93. The van der Waals surface area contributed by atoms with Crippen LogP contribution >= 0.6 is 11.8 Å². The number of nitrogens with zero attached hydrogens (tertiary/aromatic N) is 1. The van der Waals surface area contributed by atoms with E-state index in [0.29, 0.717) is 33.3 Å². The summed E-state index contributed by atoms with van der Waals surface area (Å²) in [4.78, 5) is 28.2. The normalized spacial score (nSPS) is 14.0. The molecule has 0 aliphatic carbocycles. The van der Waals surface area contributed by atoms with Gasteiger partial charge in [-0.1, -0.05) is 32.0 Å². The SMILES string of the molecule is COc1ccc(C2=C(SC(C)C)C(=O)N(Cc3ccc(OC)c(OC)c3)C2=O)cc1. The molecule has 0 spiro atoms. The second-order valence-corrected chi connectivity index (χ2v) is 8.57. The number of imide groups is 1. The fourth-order valence-electron chi connectivity index (χ4n) is 3.22. The summed E-state index contributed by atoms with van der Waals surface area (Å²) in [5.74, 6) is 1.25. The van der Waals surface area contributed by atoms with Crippen molar-refractivity contribution in [2.45, 2.75) is 25.6 Å². The van der Waals surface area contributed by atoms with E-state index in [1.54, 1.807) is 57.7 Å². The van der Waals surface area contributed by atoms with Crippen molar-refractivity contribution >= 4 is 29.1 Å². The lowest BCUT2D eigenvalue weighted by atomic mass is 10.1. The van der Waals surface area contributed by atoms with Crippen LogP contribution in [0.1, 0.15) is 25.0 Å². The van der Waals surface area contributed by atoms with Gasteiger partial charge in [-0.2, -0.15) is 0 Å². The van der Waals surface area contributed by atoms with E-state index in [2.05, 4.69) is 0 Å². The number of amides is 2. The zero-order valence-corrected chi connectivity index (χ0v) is 18.5. The number of methoxy groups -OCH3 is 3. The number of carbonyl (C=O) groups is 2. The maximum Gasteiger partial charge on any atom is 0.268 e. The van der Waals surface area contributed by atoms with Crippen LogP contribution < -0.4 is 14.2 Å². The van der Waals surface area contributed by atoms with Crippen molar-refractivity contribution in [2.75, 3.05) is 21.3 Å². The van der Waals surface area contributed by atoms with Crippen LogP contribution in [0.5, 0.6) is 17.2 Å². The van der Waals surface area contributed by atoms with Crippen LogP contribution in [0.2, 0.25) is 0 Å². The van der Waals surface area contributed by atoms with Crippen LogP contribution in [0, 0.1) is 0 Å². The second kappa shape index (κ2) is 9.26. The van der Waals surface area contributed by atoms with Crippen molar-refractivity contribution in [1.29, 1.82) is 0 Å². The molecule has 0 atom stereocenters. The van der Waals surface area contributed by atoms with Gasteiger partial charge in [0.05, 0.1) is 38.4 Å². The zero-order valence-electron chi connectivity index (χ0n) is 17.7. The molecular formula is C23H25NO5S. The van der Waals surface area contributed by atoms with Crippen LogP contribution in [-0.2, 0) is 16.1 Å². The molecule has 1 aliphatic rings. The first-order valence-electron chi connectivity index (χ1n) is 9.52. The van der Waals surface area contributed by atoms with Gasteiger partial charge in [0.1, 0.15) is 5.75 Å². The Kier molecular flexibility index (Phi) is 6.72. The Morgan fingerprint density at radius 2 is 1.53 bits per heavy atom. The minimum absolute atomic E-state index is 0.153. The van der Waals surface area contributed by atoms with E-state index in [1.165, 1.54) is 16.7 Å². The molecule has 0 bridgehead atoms. The van der Waals surface area contributed by atoms with Gasteiger partial charge in [0.25, 0.3) is 11.8 Å². The van der Waals surface area contributed by atoms with Crippen molar-refractivity contribution < 1.29 is 23.8 Å². The predicted molar refractivity (Wildman–Crippen MR) is 118 cm³/mol. The van der Waals surface area contributed by atoms with Gasteiger partial charge in [-0.15, -0.1) is 11.8 Å². The van der Waals surface area contributed by atoms with E-state index >= 15 is 0 Å². The molecule has 1 aliphatic heterocycles.